The monoisotopic (exact) mass is 503 g/mol. The number of nitrogens with zero attached hydrogens (tertiary/aromatic N) is 3. The summed E-state index contributed by atoms with van der Waals surface area (Å²) >= 11 is 0. The van der Waals surface area contributed by atoms with E-state index in [1.165, 1.54) is 6.42 Å². The molecule has 1 saturated carbocycles. The lowest BCUT2D eigenvalue weighted by atomic mass is 9.88. The lowest BCUT2D eigenvalue weighted by Gasteiger charge is -2.39. The summed E-state index contributed by atoms with van der Waals surface area (Å²) in [5.41, 5.74) is 2.64. The summed E-state index contributed by atoms with van der Waals surface area (Å²) in [7, 11) is 0. The maximum Gasteiger partial charge on any atom is 0.255 e. The molecule has 0 radical (unpaired) electrons. The molecule has 5 rings (SSSR count). The van der Waals surface area contributed by atoms with Gasteiger partial charge in [0.1, 0.15) is 0 Å². The molecule has 1 aliphatic carbocycles. The second kappa shape index (κ2) is 11.8. The van der Waals surface area contributed by atoms with Crippen molar-refractivity contribution in [2.45, 2.75) is 32.1 Å². The van der Waals surface area contributed by atoms with Gasteiger partial charge in [-0.3, -0.25) is 14.4 Å². The minimum absolute atomic E-state index is 0.0221. The van der Waals surface area contributed by atoms with Gasteiger partial charge in [-0.05, 0) is 43.2 Å². The molecule has 0 atom stereocenters. The predicted molar refractivity (Wildman–Crippen MR) is 145 cm³/mol. The number of benzene rings is 2. The van der Waals surface area contributed by atoms with E-state index in [9.17, 15) is 14.4 Å². The van der Waals surface area contributed by atoms with Gasteiger partial charge >= 0.3 is 0 Å². The molecule has 37 heavy (non-hydrogen) atoms. The summed E-state index contributed by atoms with van der Waals surface area (Å²) in [5, 5.41) is 6.34. The van der Waals surface area contributed by atoms with Crippen molar-refractivity contribution in [2.24, 2.45) is 5.92 Å². The first-order chi connectivity index (χ1) is 18.1. The average molecular weight is 504 g/mol. The van der Waals surface area contributed by atoms with Gasteiger partial charge in [0, 0.05) is 69.4 Å². The van der Waals surface area contributed by atoms with E-state index in [1.54, 1.807) is 18.2 Å². The van der Waals surface area contributed by atoms with E-state index >= 15 is 0 Å². The van der Waals surface area contributed by atoms with Crippen molar-refractivity contribution in [2.75, 3.05) is 62.6 Å². The highest BCUT2D eigenvalue weighted by Crippen LogP contribution is 2.31. The van der Waals surface area contributed by atoms with Crippen LogP contribution in [0.2, 0.25) is 0 Å². The van der Waals surface area contributed by atoms with Crippen LogP contribution in [0.5, 0.6) is 0 Å². The van der Waals surface area contributed by atoms with Crippen molar-refractivity contribution in [3.8, 4) is 0 Å². The zero-order valence-electron chi connectivity index (χ0n) is 21.5. The van der Waals surface area contributed by atoms with Gasteiger partial charge in [-0.25, -0.2) is 0 Å². The Kier molecular flexibility index (Phi) is 8.04. The van der Waals surface area contributed by atoms with Gasteiger partial charge in [0.15, 0.2) is 0 Å². The molecule has 3 aliphatic rings. The summed E-state index contributed by atoms with van der Waals surface area (Å²) < 4.78 is 0. The maximum absolute atomic E-state index is 13.2. The zero-order valence-corrected chi connectivity index (χ0v) is 21.5. The Hall–Kier alpha value is -3.39. The minimum atomic E-state index is -0.209. The van der Waals surface area contributed by atoms with Crippen LogP contribution in [0, 0.1) is 5.92 Å². The summed E-state index contributed by atoms with van der Waals surface area (Å²) in [4.78, 5) is 45.4. The Morgan fingerprint density at radius 1 is 0.757 bits per heavy atom. The quantitative estimate of drug-likeness (QED) is 0.655. The van der Waals surface area contributed by atoms with E-state index in [0.29, 0.717) is 62.0 Å². The molecule has 0 aromatic heterocycles. The summed E-state index contributed by atoms with van der Waals surface area (Å²) in [5.74, 6) is 0.246. The number of nitrogens with one attached hydrogen (secondary N) is 2. The van der Waals surface area contributed by atoms with Gasteiger partial charge in [0.25, 0.3) is 11.8 Å². The van der Waals surface area contributed by atoms with Gasteiger partial charge < -0.3 is 25.3 Å². The highest BCUT2D eigenvalue weighted by Gasteiger charge is 2.29. The molecule has 3 amide bonds. The smallest absolute Gasteiger partial charge is 0.255 e. The van der Waals surface area contributed by atoms with Crippen molar-refractivity contribution < 1.29 is 14.4 Å². The molecule has 3 fully saturated rings. The first-order valence-electron chi connectivity index (χ1n) is 13.6. The molecule has 2 aromatic rings. The van der Waals surface area contributed by atoms with Gasteiger partial charge in [-0.1, -0.05) is 37.5 Å². The first-order valence-corrected chi connectivity index (χ1v) is 13.6. The molecule has 2 heterocycles. The van der Waals surface area contributed by atoms with Crippen molar-refractivity contribution in [3.05, 3.63) is 59.7 Å². The first kappa shape index (κ1) is 25.3. The van der Waals surface area contributed by atoms with E-state index in [-0.39, 0.29) is 17.7 Å². The molecule has 2 aliphatic heterocycles. The van der Waals surface area contributed by atoms with Crippen molar-refractivity contribution in [3.63, 3.8) is 0 Å². The molecule has 0 bridgehead atoms. The fraction of sp³-hybridized carbons (Fsp3) is 0.483. The van der Waals surface area contributed by atoms with E-state index in [2.05, 4.69) is 15.5 Å². The van der Waals surface area contributed by atoms with Crippen LogP contribution in [0.25, 0.3) is 0 Å². The third-order valence-corrected chi connectivity index (χ3v) is 7.82. The van der Waals surface area contributed by atoms with Crippen molar-refractivity contribution in [1.82, 2.24) is 15.1 Å². The molecule has 2 N–H and O–H groups in total. The lowest BCUT2D eigenvalue weighted by molar-refractivity contribution is -0.136. The number of carbonyl (C=O) groups excluding carboxylic acids is 3. The van der Waals surface area contributed by atoms with E-state index in [4.69, 9.17) is 0 Å². The van der Waals surface area contributed by atoms with Gasteiger partial charge in [-0.2, -0.15) is 0 Å². The second-order valence-electron chi connectivity index (χ2n) is 10.2. The summed E-state index contributed by atoms with van der Waals surface area (Å²) in [6.45, 7) is 5.63. The number of hydrogen-bond acceptors (Lipinski definition) is 5. The Morgan fingerprint density at radius 2 is 1.46 bits per heavy atom. The Morgan fingerprint density at radius 3 is 2.16 bits per heavy atom. The Labute approximate surface area is 219 Å². The Bertz CT molecular complexity index is 1100. The van der Waals surface area contributed by atoms with Crippen LogP contribution in [0.1, 0.15) is 52.8 Å². The molecule has 8 nitrogen and oxygen atoms in total. The Balaban J connectivity index is 1.34. The van der Waals surface area contributed by atoms with Crippen LogP contribution in [0.15, 0.2) is 48.5 Å². The number of anilines is 2. The van der Waals surface area contributed by atoms with E-state index < -0.39 is 0 Å². The third-order valence-electron chi connectivity index (χ3n) is 7.82. The molecule has 8 heteroatoms. The summed E-state index contributed by atoms with van der Waals surface area (Å²) in [6.07, 6.45) is 5.57. The van der Waals surface area contributed by atoms with Crippen LogP contribution >= 0.6 is 0 Å². The highest BCUT2D eigenvalue weighted by atomic mass is 16.2. The van der Waals surface area contributed by atoms with E-state index in [1.807, 2.05) is 40.1 Å². The third kappa shape index (κ3) is 5.96. The molecule has 0 unspecified atom stereocenters. The molecule has 196 valence electrons. The summed E-state index contributed by atoms with van der Waals surface area (Å²) in [6, 6.07) is 14.7. The lowest BCUT2D eigenvalue weighted by Crippen LogP contribution is -2.50. The van der Waals surface area contributed by atoms with Gasteiger partial charge in [-0.15, -0.1) is 0 Å². The standard InChI is InChI=1S/C29H37N5O3/c35-27(22-7-3-1-4-8-22)31-25-21-24(29(37)33-15-13-30-14-16-33)11-12-26(25)32-17-19-34(20-18-32)28(36)23-9-5-2-6-10-23/h1,3-4,7-8,11-12,21,23,30H,2,5-6,9-10,13-20H2,(H,31,35). The van der Waals surface area contributed by atoms with Crippen LogP contribution in [0.3, 0.4) is 0 Å². The van der Waals surface area contributed by atoms with Crippen molar-refractivity contribution in [1.29, 1.82) is 0 Å². The number of piperazine rings is 2. The number of hydrogen-bond donors (Lipinski definition) is 2. The van der Waals surface area contributed by atoms with Crippen LogP contribution in [-0.2, 0) is 4.79 Å². The fourth-order valence-corrected chi connectivity index (χ4v) is 5.65. The van der Waals surface area contributed by atoms with Crippen molar-refractivity contribution >= 4 is 29.1 Å². The SMILES string of the molecule is O=C(Nc1cc(C(=O)N2CCNCC2)ccc1N1CCN(C(=O)C2CCCCC2)CC1)c1ccccc1. The van der Waals surface area contributed by atoms with Crippen LogP contribution in [0.4, 0.5) is 11.4 Å². The molecular weight excluding hydrogens is 466 g/mol. The molecule has 2 aromatic carbocycles. The second-order valence-corrected chi connectivity index (χ2v) is 10.2. The van der Waals surface area contributed by atoms with Crippen LogP contribution in [-0.4, -0.2) is 79.9 Å². The van der Waals surface area contributed by atoms with Gasteiger partial charge in [0.05, 0.1) is 11.4 Å². The maximum atomic E-state index is 13.2. The van der Waals surface area contributed by atoms with E-state index in [0.717, 1.165) is 44.5 Å². The number of amides is 3. The largest absolute Gasteiger partial charge is 0.366 e. The molecule has 2 saturated heterocycles. The number of carbonyl (C=O) groups is 3. The molecule has 0 spiro atoms. The van der Waals surface area contributed by atoms with Crippen LogP contribution < -0.4 is 15.5 Å². The average Bonchev–Trinajstić information content (AvgIpc) is 2.98. The predicted octanol–water partition coefficient (Wildman–Crippen LogP) is 3.21. The molecular formula is C29H37N5O3. The highest BCUT2D eigenvalue weighted by molar-refractivity contribution is 6.07. The fourth-order valence-electron chi connectivity index (χ4n) is 5.65. The zero-order chi connectivity index (χ0) is 25.6. The number of rotatable bonds is 5. The van der Waals surface area contributed by atoms with Gasteiger partial charge in [0.2, 0.25) is 5.91 Å². The normalized spacial score (nSPS) is 19.0. The topological polar surface area (TPSA) is 85.0 Å². The minimum Gasteiger partial charge on any atom is -0.366 e.